The molecule has 0 unspecified atom stereocenters. The van der Waals surface area contributed by atoms with Crippen LogP contribution < -0.4 is 0 Å². The molecule has 0 radical (unpaired) electrons. The maximum Gasteiger partial charge on any atom is 0.150 e. The zero-order chi connectivity index (χ0) is 16.2. The van der Waals surface area contributed by atoms with Gasteiger partial charge in [0.1, 0.15) is 17.1 Å². The number of phenols is 2. The molecular weight excluding hydrogens is 292 g/mol. The van der Waals surface area contributed by atoms with Gasteiger partial charge in [-0.15, -0.1) is 10.2 Å². The molecule has 114 valence electrons. The number of fused-ring (bicyclic) bond motifs is 1. The average molecular weight is 306 g/mol. The molecule has 0 amide bonds. The fourth-order valence-corrected chi connectivity index (χ4v) is 2.21. The summed E-state index contributed by atoms with van der Waals surface area (Å²) in [7, 11) is 1.55. The van der Waals surface area contributed by atoms with Crippen molar-refractivity contribution in [1.29, 1.82) is 0 Å². The molecule has 23 heavy (non-hydrogen) atoms. The summed E-state index contributed by atoms with van der Waals surface area (Å²) in [6, 6.07) is 15.7. The van der Waals surface area contributed by atoms with E-state index in [2.05, 4.69) is 20.5 Å². The van der Waals surface area contributed by atoms with E-state index in [1.165, 1.54) is 6.07 Å². The first-order valence-electron chi connectivity index (χ1n) is 6.94. The third kappa shape index (κ3) is 3.01. The number of azo groups is 2. The molecule has 0 atom stereocenters. The number of nitrogens with zero attached hydrogens (tertiary/aromatic N) is 4. The predicted molar refractivity (Wildman–Crippen MR) is 88.3 cm³/mol. The molecular formula is C17H14N4O2. The first kappa shape index (κ1) is 14.6. The number of rotatable bonds is 3. The van der Waals surface area contributed by atoms with E-state index in [-0.39, 0.29) is 17.2 Å². The Morgan fingerprint density at radius 1 is 0.783 bits per heavy atom. The molecule has 0 aliphatic heterocycles. The van der Waals surface area contributed by atoms with Crippen molar-refractivity contribution < 1.29 is 10.2 Å². The highest BCUT2D eigenvalue weighted by atomic mass is 16.3. The lowest BCUT2D eigenvalue weighted by Gasteiger charge is -2.03. The van der Waals surface area contributed by atoms with Gasteiger partial charge in [0, 0.05) is 18.5 Å². The highest BCUT2D eigenvalue weighted by Gasteiger charge is 2.06. The molecule has 0 heterocycles. The molecule has 0 saturated carbocycles. The first-order chi connectivity index (χ1) is 11.2. The smallest absolute Gasteiger partial charge is 0.150 e. The Morgan fingerprint density at radius 2 is 1.52 bits per heavy atom. The molecule has 0 saturated heterocycles. The summed E-state index contributed by atoms with van der Waals surface area (Å²) in [5.41, 5.74) is 1.14. The molecule has 0 aliphatic rings. The van der Waals surface area contributed by atoms with Gasteiger partial charge in [0.05, 0.1) is 5.69 Å². The van der Waals surface area contributed by atoms with Gasteiger partial charge in [-0.05, 0) is 23.6 Å². The van der Waals surface area contributed by atoms with Gasteiger partial charge in [0.25, 0.3) is 0 Å². The minimum Gasteiger partial charge on any atom is -0.506 e. The minimum absolute atomic E-state index is 0.0565. The van der Waals surface area contributed by atoms with Crippen LogP contribution in [0.3, 0.4) is 0 Å². The maximum absolute atomic E-state index is 10.3. The fourth-order valence-electron chi connectivity index (χ4n) is 2.21. The SMILES string of the molecule is CN=Nc1ccc(N=Nc2ccc3ccccc3c2O)c(O)c1. The van der Waals surface area contributed by atoms with Crippen LogP contribution in [0.5, 0.6) is 11.5 Å². The van der Waals surface area contributed by atoms with Gasteiger partial charge in [0.15, 0.2) is 5.75 Å². The molecule has 3 aromatic rings. The zero-order valence-electron chi connectivity index (χ0n) is 12.4. The molecule has 6 nitrogen and oxygen atoms in total. The molecule has 0 fully saturated rings. The first-order valence-corrected chi connectivity index (χ1v) is 6.94. The van der Waals surface area contributed by atoms with Gasteiger partial charge in [-0.25, -0.2) is 0 Å². The second-order valence-electron chi connectivity index (χ2n) is 4.83. The standard InChI is InChI=1S/C17H14N4O2/c1-18-19-12-7-9-14(16(22)10-12)20-21-15-8-6-11-4-2-3-5-13(11)17(15)23/h2-10,22-23H,1H3. The Balaban J connectivity index is 1.95. The fraction of sp³-hybridized carbons (Fsp3) is 0.0588. The van der Waals surface area contributed by atoms with E-state index < -0.39 is 0 Å². The third-order valence-corrected chi connectivity index (χ3v) is 3.32. The Morgan fingerprint density at radius 3 is 2.30 bits per heavy atom. The average Bonchev–Trinajstić information content (AvgIpc) is 2.56. The lowest BCUT2D eigenvalue weighted by atomic mass is 10.1. The number of phenolic OH excluding ortho intramolecular Hbond substituents is 2. The van der Waals surface area contributed by atoms with Gasteiger partial charge < -0.3 is 10.2 Å². The molecule has 0 spiro atoms. The largest absolute Gasteiger partial charge is 0.506 e. The minimum atomic E-state index is -0.0565. The van der Waals surface area contributed by atoms with Crippen LogP contribution in [0.25, 0.3) is 10.8 Å². The number of hydrogen-bond acceptors (Lipinski definition) is 6. The van der Waals surface area contributed by atoms with Gasteiger partial charge in [0.2, 0.25) is 0 Å². The third-order valence-electron chi connectivity index (χ3n) is 3.32. The Kier molecular flexibility index (Phi) is 3.97. The molecule has 0 aliphatic carbocycles. The monoisotopic (exact) mass is 306 g/mol. The Hall–Kier alpha value is -3.28. The van der Waals surface area contributed by atoms with Crippen molar-refractivity contribution in [1.82, 2.24) is 0 Å². The van der Waals surface area contributed by atoms with E-state index in [0.29, 0.717) is 16.8 Å². The highest BCUT2D eigenvalue weighted by molar-refractivity contribution is 5.92. The lowest BCUT2D eigenvalue weighted by molar-refractivity contribution is 0.475. The molecule has 6 heteroatoms. The van der Waals surface area contributed by atoms with E-state index in [9.17, 15) is 10.2 Å². The number of aromatic hydroxyl groups is 2. The summed E-state index contributed by atoms with van der Waals surface area (Å²) in [5.74, 6) is 0.00155. The molecule has 2 N–H and O–H groups in total. The second kappa shape index (κ2) is 6.23. The van der Waals surface area contributed by atoms with Crippen molar-refractivity contribution in [2.45, 2.75) is 0 Å². The van der Waals surface area contributed by atoms with E-state index in [1.54, 1.807) is 25.2 Å². The van der Waals surface area contributed by atoms with Gasteiger partial charge in [-0.2, -0.15) is 10.2 Å². The Bertz CT molecular complexity index is 920. The summed E-state index contributed by atoms with van der Waals surface area (Å²) >= 11 is 0. The van der Waals surface area contributed by atoms with Crippen LogP contribution in [0.4, 0.5) is 17.1 Å². The molecule has 3 rings (SSSR count). The van der Waals surface area contributed by atoms with Crippen molar-refractivity contribution in [3.05, 3.63) is 54.6 Å². The van der Waals surface area contributed by atoms with Crippen LogP contribution >= 0.6 is 0 Å². The predicted octanol–water partition coefficient (Wildman–Crippen LogP) is 5.38. The van der Waals surface area contributed by atoms with Gasteiger partial charge >= 0.3 is 0 Å². The van der Waals surface area contributed by atoms with E-state index in [1.807, 2.05) is 30.3 Å². The summed E-state index contributed by atoms with van der Waals surface area (Å²) < 4.78 is 0. The molecule has 3 aromatic carbocycles. The summed E-state index contributed by atoms with van der Waals surface area (Å²) in [6.07, 6.45) is 0. The van der Waals surface area contributed by atoms with Crippen LogP contribution in [-0.2, 0) is 0 Å². The van der Waals surface area contributed by atoms with Crippen LogP contribution in [0, 0.1) is 0 Å². The van der Waals surface area contributed by atoms with Crippen LogP contribution in [0.1, 0.15) is 0 Å². The van der Waals surface area contributed by atoms with Crippen LogP contribution in [0.2, 0.25) is 0 Å². The van der Waals surface area contributed by atoms with Crippen molar-refractivity contribution in [2.24, 2.45) is 20.5 Å². The zero-order valence-corrected chi connectivity index (χ0v) is 12.4. The number of benzene rings is 3. The maximum atomic E-state index is 10.3. The van der Waals surface area contributed by atoms with Gasteiger partial charge in [-0.1, -0.05) is 30.3 Å². The van der Waals surface area contributed by atoms with Crippen molar-refractivity contribution in [2.75, 3.05) is 7.05 Å². The topological polar surface area (TPSA) is 89.9 Å². The lowest BCUT2D eigenvalue weighted by Crippen LogP contribution is -1.74. The summed E-state index contributed by atoms with van der Waals surface area (Å²) in [5, 5.41) is 37.3. The number of hydrogen-bond donors (Lipinski definition) is 2. The van der Waals surface area contributed by atoms with Crippen molar-refractivity contribution in [3.63, 3.8) is 0 Å². The van der Waals surface area contributed by atoms with Crippen LogP contribution in [-0.4, -0.2) is 17.3 Å². The van der Waals surface area contributed by atoms with Gasteiger partial charge in [-0.3, -0.25) is 0 Å². The molecule has 0 bridgehead atoms. The summed E-state index contributed by atoms with van der Waals surface area (Å²) in [4.78, 5) is 0. The van der Waals surface area contributed by atoms with E-state index in [4.69, 9.17) is 0 Å². The van der Waals surface area contributed by atoms with Crippen molar-refractivity contribution >= 4 is 27.8 Å². The highest BCUT2D eigenvalue weighted by Crippen LogP contribution is 2.37. The second-order valence-corrected chi connectivity index (χ2v) is 4.83. The Labute approximate surface area is 132 Å². The van der Waals surface area contributed by atoms with E-state index >= 15 is 0 Å². The molecule has 0 aromatic heterocycles. The summed E-state index contributed by atoms with van der Waals surface area (Å²) in [6.45, 7) is 0. The normalized spacial score (nSPS) is 11.7. The quantitative estimate of drug-likeness (QED) is 0.636. The van der Waals surface area contributed by atoms with Crippen molar-refractivity contribution in [3.8, 4) is 11.5 Å². The van der Waals surface area contributed by atoms with Crippen LogP contribution in [0.15, 0.2) is 75.1 Å². The van der Waals surface area contributed by atoms with E-state index in [0.717, 1.165) is 5.39 Å².